The highest BCUT2D eigenvalue weighted by molar-refractivity contribution is 6.12. The minimum absolute atomic E-state index is 0.165. The molecule has 21 heavy (non-hydrogen) atoms. The van der Waals surface area contributed by atoms with E-state index in [-0.39, 0.29) is 11.5 Å². The van der Waals surface area contributed by atoms with E-state index in [1.807, 2.05) is 60.7 Å². The summed E-state index contributed by atoms with van der Waals surface area (Å²) in [5.74, 6) is -0.230. The Morgan fingerprint density at radius 2 is 1.81 bits per heavy atom. The molecule has 1 heterocycles. The largest absolute Gasteiger partial charge is 0.307 e. The Kier molecular flexibility index (Phi) is 3.53. The Balaban J connectivity index is 1.92. The van der Waals surface area contributed by atoms with Crippen LogP contribution in [0.4, 0.5) is 5.69 Å². The summed E-state index contributed by atoms with van der Waals surface area (Å²) >= 11 is 0. The molecule has 0 radical (unpaired) electrons. The highest BCUT2D eigenvalue weighted by atomic mass is 16.2. The van der Waals surface area contributed by atoms with Crippen molar-refractivity contribution in [1.82, 2.24) is 0 Å². The van der Waals surface area contributed by atoms with Gasteiger partial charge >= 0.3 is 0 Å². The van der Waals surface area contributed by atoms with Crippen molar-refractivity contribution in [3.05, 3.63) is 71.3 Å². The van der Waals surface area contributed by atoms with Gasteiger partial charge in [0.25, 0.3) is 5.91 Å². The van der Waals surface area contributed by atoms with E-state index in [2.05, 4.69) is 0 Å². The highest BCUT2D eigenvalue weighted by Crippen LogP contribution is 2.28. The summed E-state index contributed by atoms with van der Waals surface area (Å²) < 4.78 is 0. The molecule has 3 nitrogen and oxygen atoms in total. The number of fused-ring (bicyclic) bond motifs is 1. The average Bonchev–Trinajstić information content (AvgIpc) is 2.97. The summed E-state index contributed by atoms with van der Waals surface area (Å²) in [6.07, 6.45) is 2.48. The van der Waals surface area contributed by atoms with Crippen molar-refractivity contribution in [2.24, 2.45) is 0 Å². The number of carbonyl (C=O) groups is 1. The number of benzene rings is 2. The zero-order valence-corrected chi connectivity index (χ0v) is 11.5. The van der Waals surface area contributed by atoms with Gasteiger partial charge in [0, 0.05) is 12.2 Å². The molecule has 0 aliphatic carbocycles. The molecular weight excluding hydrogens is 260 g/mol. The Morgan fingerprint density at radius 3 is 2.57 bits per heavy atom. The van der Waals surface area contributed by atoms with Crippen LogP contribution in [0.5, 0.6) is 0 Å². The fourth-order valence-corrected chi connectivity index (χ4v) is 2.55. The number of nitriles is 1. The molecule has 0 N–H and O–H groups in total. The van der Waals surface area contributed by atoms with Crippen molar-refractivity contribution in [1.29, 1.82) is 5.26 Å². The van der Waals surface area contributed by atoms with Crippen LogP contribution in [0.15, 0.2) is 60.2 Å². The molecule has 2 aromatic rings. The lowest BCUT2D eigenvalue weighted by molar-refractivity contribution is -0.114. The summed E-state index contributed by atoms with van der Waals surface area (Å²) in [4.78, 5) is 14.3. The molecule has 102 valence electrons. The molecule has 0 fully saturated rings. The minimum Gasteiger partial charge on any atom is -0.307 e. The van der Waals surface area contributed by atoms with Gasteiger partial charge in [-0.1, -0.05) is 48.5 Å². The van der Waals surface area contributed by atoms with Crippen LogP contribution >= 0.6 is 0 Å². The van der Waals surface area contributed by atoms with Crippen molar-refractivity contribution in [2.75, 3.05) is 11.4 Å². The zero-order chi connectivity index (χ0) is 14.7. The number of hydrogen-bond acceptors (Lipinski definition) is 2. The predicted octanol–water partition coefficient (Wildman–Crippen LogP) is 3.18. The van der Waals surface area contributed by atoms with Gasteiger partial charge < -0.3 is 4.90 Å². The number of amides is 1. The fraction of sp³-hybridized carbons (Fsp3) is 0.111. The summed E-state index contributed by atoms with van der Waals surface area (Å²) in [7, 11) is 0. The Morgan fingerprint density at radius 1 is 1.10 bits per heavy atom. The van der Waals surface area contributed by atoms with Gasteiger partial charge in [-0.05, 0) is 29.7 Å². The van der Waals surface area contributed by atoms with Crippen LogP contribution in [-0.2, 0) is 11.2 Å². The quantitative estimate of drug-likeness (QED) is 0.623. The van der Waals surface area contributed by atoms with Crippen LogP contribution in [0.25, 0.3) is 6.08 Å². The van der Waals surface area contributed by atoms with Gasteiger partial charge in [-0.3, -0.25) is 4.79 Å². The third-order valence-electron chi connectivity index (χ3n) is 3.59. The fourth-order valence-electron chi connectivity index (χ4n) is 2.55. The van der Waals surface area contributed by atoms with E-state index in [1.54, 1.807) is 11.0 Å². The van der Waals surface area contributed by atoms with Gasteiger partial charge in [0.15, 0.2) is 0 Å². The second-order valence-corrected chi connectivity index (χ2v) is 4.92. The van der Waals surface area contributed by atoms with Gasteiger partial charge in [-0.25, -0.2) is 0 Å². The topological polar surface area (TPSA) is 44.1 Å². The molecule has 3 rings (SSSR count). The van der Waals surface area contributed by atoms with Gasteiger partial charge in [-0.15, -0.1) is 0 Å². The summed E-state index contributed by atoms with van der Waals surface area (Å²) in [6.45, 7) is 0.631. The zero-order valence-electron chi connectivity index (χ0n) is 11.5. The van der Waals surface area contributed by atoms with Gasteiger partial charge in [0.05, 0.1) is 0 Å². The van der Waals surface area contributed by atoms with Crippen LogP contribution in [0.2, 0.25) is 0 Å². The molecule has 2 aromatic carbocycles. The molecule has 0 atom stereocenters. The van der Waals surface area contributed by atoms with Crippen LogP contribution in [0.1, 0.15) is 11.1 Å². The lowest BCUT2D eigenvalue weighted by Gasteiger charge is -2.16. The molecule has 0 spiro atoms. The van der Waals surface area contributed by atoms with Gasteiger partial charge in [0.2, 0.25) is 0 Å². The standard InChI is InChI=1S/C18H14N2O/c19-13-16(12-14-6-2-1-3-7-14)18(21)20-11-10-15-8-4-5-9-17(15)20/h1-9,12H,10-11H2/b16-12-. The molecule has 0 aromatic heterocycles. The number of anilines is 1. The molecule has 0 bridgehead atoms. The monoisotopic (exact) mass is 274 g/mol. The minimum atomic E-state index is -0.230. The van der Waals surface area contributed by atoms with E-state index in [4.69, 9.17) is 0 Å². The number of rotatable bonds is 2. The third kappa shape index (κ3) is 2.56. The first-order valence-corrected chi connectivity index (χ1v) is 6.86. The molecule has 1 amide bonds. The highest BCUT2D eigenvalue weighted by Gasteiger charge is 2.26. The maximum Gasteiger partial charge on any atom is 0.268 e. The Labute approximate surface area is 123 Å². The number of nitrogens with zero attached hydrogens (tertiary/aromatic N) is 2. The summed E-state index contributed by atoms with van der Waals surface area (Å²) in [6, 6.07) is 19.3. The van der Waals surface area contributed by atoms with E-state index < -0.39 is 0 Å². The number of carbonyl (C=O) groups excluding carboxylic acids is 1. The first kappa shape index (κ1) is 13.1. The normalized spacial score (nSPS) is 13.7. The molecule has 1 aliphatic heterocycles. The van der Waals surface area contributed by atoms with Crippen molar-refractivity contribution in [2.45, 2.75) is 6.42 Å². The van der Waals surface area contributed by atoms with Crippen LogP contribution in [0, 0.1) is 11.3 Å². The van der Waals surface area contributed by atoms with Crippen LogP contribution in [-0.4, -0.2) is 12.5 Å². The summed E-state index contributed by atoms with van der Waals surface area (Å²) in [5.41, 5.74) is 3.09. The van der Waals surface area contributed by atoms with E-state index in [9.17, 15) is 10.1 Å². The SMILES string of the molecule is N#C/C(=C/c1ccccc1)C(=O)N1CCc2ccccc21. The molecule has 3 heteroatoms. The molecule has 1 aliphatic rings. The Hall–Kier alpha value is -2.86. The molecule has 0 saturated carbocycles. The van der Waals surface area contributed by atoms with E-state index >= 15 is 0 Å². The molecular formula is C18H14N2O. The van der Waals surface area contributed by atoms with Gasteiger partial charge in [-0.2, -0.15) is 5.26 Å². The maximum absolute atomic E-state index is 12.6. The maximum atomic E-state index is 12.6. The van der Waals surface area contributed by atoms with Gasteiger partial charge in [0.1, 0.15) is 11.6 Å². The van der Waals surface area contributed by atoms with Crippen molar-refractivity contribution in [3.8, 4) is 6.07 Å². The van der Waals surface area contributed by atoms with Crippen LogP contribution in [0.3, 0.4) is 0 Å². The predicted molar refractivity (Wildman–Crippen MR) is 82.5 cm³/mol. The first-order chi connectivity index (χ1) is 10.3. The molecule has 0 saturated heterocycles. The second-order valence-electron chi connectivity index (χ2n) is 4.92. The molecule has 0 unspecified atom stereocenters. The number of hydrogen-bond donors (Lipinski definition) is 0. The van der Waals surface area contributed by atoms with Crippen molar-refractivity contribution in [3.63, 3.8) is 0 Å². The lowest BCUT2D eigenvalue weighted by Crippen LogP contribution is -2.29. The van der Waals surface area contributed by atoms with E-state index in [1.165, 1.54) is 0 Å². The lowest BCUT2D eigenvalue weighted by atomic mass is 10.1. The average molecular weight is 274 g/mol. The smallest absolute Gasteiger partial charge is 0.268 e. The number of para-hydroxylation sites is 1. The van der Waals surface area contributed by atoms with Crippen molar-refractivity contribution < 1.29 is 4.79 Å². The van der Waals surface area contributed by atoms with Crippen molar-refractivity contribution >= 4 is 17.7 Å². The van der Waals surface area contributed by atoms with E-state index in [0.29, 0.717) is 6.54 Å². The van der Waals surface area contributed by atoms with E-state index in [0.717, 1.165) is 23.2 Å². The third-order valence-corrected chi connectivity index (χ3v) is 3.59. The Bertz CT molecular complexity index is 741. The first-order valence-electron chi connectivity index (χ1n) is 6.86. The second kappa shape index (κ2) is 5.64. The van der Waals surface area contributed by atoms with Crippen LogP contribution < -0.4 is 4.90 Å². The summed E-state index contributed by atoms with van der Waals surface area (Å²) in [5, 5.41) is 9.30.